The summed E-state index contributed by atoms with van der Waals surface area (Å²) in [5.41, 5.74) is 1.77. The van der Waals surface area contributed by atoms with Gasteiger partial charge in [0.1, 0.15) is 12.4 Å². The van der Waals surface area contributed by atoms with E-state index in [1.165, 1.54) is 7.11 Å². The summed E-state index contributed by atoms with van der Waals surface area (Å²) in [5.74, 6) is 0.278. The number of ether oxygens (including phenoxy) is 2. The summed E-state index contributed by atoms with van der Waals surface area (Å²) >= 11 is 0. The molecular formula is C17H16N2O4. The highest BCUT2D eigenvalue weighted by Gasteiger charge is 2.23. The quantitative estimate of drug-likeness (QED) is 0.866. The molecule has 1 aliphatic rings. The van der Waals surface area contributed by atoms with Gasteiger partial charge in [-0.2, -0.15) is 0 Å². The summed E-state index contributed by atoms with van der Waals surface area (Å²) in [5, 5.41) is 2.82. The molecule has 0 saturated heterocycles. The predicted molar refractivity (Wildman–Crippen MR) is 86.1 cm³/mol. The van der Waals surface area contributed by atoms with Crippen LogP contribution in [0.1, 0.15) is 10.4 Å². The maximum atomic E-state index is 12.5. The first-order valence-corrected chi connectivity index (χ1v) is 7.18. The largest absolute Gasteiger partial charge is 0.490 e. The fourth-order valence-electron chi connectivity index (χ4n) is 2.38. The second-order valence-electron chi connectivity index (χ2n) is 4.97. The predicted octanol–water partition coefficient (Wildman–Crippen LogP) is 2.90. The number of hydrogen-bond donors (Lipinski definition) is 1. The number of fused-ring (bicyclic) bond motifs is 1. The molecule has 2 amide bonds. The van der Waals surface area contributed by atoms with Crippen molar-refractivity contribution in [2.24, 2.45) is 0 Å². The zero-order valence-electron chi connectivity index (χ0n) is 12.6. The van der Waals surface area contributed by atoms with Crippen LogP contribution in [0.4, 0.5) is 16.2 Å². The molecule has 0 bridgehead atoms. The number of esters is 1. The van der Waals surface area contributed by atoms with Gasteiger partial charge in [-0.05, 0) is 36.4 Å². The number of rotatable bonds is 2. The van der Waals surface area contributed by atoms with Gasteiger partial charge in [-0.25, -0.2) is 9.59 Å². The van der Waals surface area contributed by atoms with Crippen molar-refractivity contribution < 1.29 is 19.1 Å². The van der Waals surface area contributed by atoms with Crippen LogP contribution in [-0.4, -0.2) is 32.3 Å². The summed E-state index contributed by atoms with van der Waals surface area (Å²) in [7, 11) is 1.33. The lowest BCUT2D eigenvalue weighted by molar-refractivity contribution is 0.0601. The molecule has 0 aliphatic carbocycles. The normalized spacial score (nSPS) is 12.8. The van der Waals surface area contributed by atoms with Gasteiger partial charge in [0.2, 0.25) is 0 Å². The molecule has 6 nitrogen and oxygen atoms in total. The Bertz CT molecular complexity index is 728. The highest BCUT2D eigenvalue weighted by Crippen LogP contribution is 2.31. The highest BCUT2D eigenvalue weighted by atomic mass is 16.5. The van der Waals surface area contributed by atoms with Gasteiger partial charge in [0.15, 0.2) is 0 Å². The number of nitrogens with zero attached hydrogens (tertiary/aromatic N) is 1. The zero-order valence-corrected chi connectivity index (χ0v) is 12.6. The molecule has 6 heteroatoms. The SMILES string of the molecule is COC(=O)c1ccc(NC(=O)N2CCOc3ccccc32)cc1. The summed E-state index contributed by atoms with van der Waals surface area (Å²) in [6, 6.07) is 13.7. The molecule has 0 atom stereocenters. The number of hydrogen-bond acceptors (Lipinski definition) is 4. The van der Waals surface area contributed by atoms with Gasteiger partial charge < -0.3 is 14.8 Å². The lowest BCUT2D eigenvalue weighted by atomic mass is 10.2. The van der Waals surface area contributed by atoms with Crippen LogP contribution in [0.25, 0.3) is 0 Å². The molecule has 0 radical (unpaired) electrons. The molecule has 2 aromatic carbocycles. The summed E-state index contributed by atoms with van der Waals surface area (Å²) in [6.07, 6.45) is 0. The van der Waals surface area contributed by atoms with Crippen LogP contribution in [0.2, 0.25) is 0 Å². The number of carbonyl (C=O) groups excluding carboxylic acids is 2. The van der Waals surface area contributed by atoms with E-state index in [0.717, 1.165) is 5.69 Å². The van der Waals surface area contributed by atoms with Crippen LogP contribution in [0, 0.1) is 0 Å². The highest BCUT2D eigenvalue weighted by molar-refractivity contribution is 6.03. The Kier molecular flexibility index (Phi) is 4.14. The Morgan fingerprint density at radius 3 is 2.61 bits per heavy atom. The van der Waals surface area contributed by atoms with Crippen molar-refractivity contribution in [2.75, 3.05) is 30.5 Å². The monoisotopic (exact) mass is 312 g/mol. The van der Waals surface area contributed by atoms with E-state index in [9.17, 15) is 9.59 Å². The van der Waals surface area contributed by atoms with Crippen molar-refractivity contribution in [3.63, 3.8) is 0 Å². The van der Waals surface area contributed by atoms with E-state index in [1.807, 2.05) is 24.3 Å². The molecule has 3 rings (SSSR count). The standard InChI is InChI=1S/C17H16N2O4/c1-22-16(20)12-6-8-13(9-7-12)18-17(21)19-10-11-23-15-5-3-2-4-14(15)19/h2-9H,10-11H2,1H3,(H,18,21). The molecule has 0 unspecified atom stereocenters. The van der Waals surface area contributed by atoms with Gasteiger partial charge in [-0.15, -0.1) is 0 Å². The molecule has 0 spiro atoms. The minimum atomic E-state index is -0.412. The summed E-state index contributed by atoms with van der Waals surface area (Å²) in [4.78, 5) is 25.5. The Morgan fingerprint density at radius 2 is 1.87 bits per heavy atom. The second-order valence-corrected chi connectivity index (χ2v) is 4.97. The van der Waals surface area contributed by atoms with Crippen molar-refractivity contribution in [1.82, 2.24) is 0 Å². The third-order valence-corrected chi connectivity index (χ3v) is 3.53. The lowest BCUT2D eigenvalue weighted by Crippen LogP contribution is -2.40. The average molecular weight is 312 g/mol. The molecule has 1 aliphatic heterocycles. The molecule has 0 aromatic heterocycles. The Balaban J connectivity index is 1.74. The van der Waals surface area contributed by atoms with Crippen LogP contribution in [0.5, 0.6) is 5.75 Å². The first-order valence-electron chi connectivity index (χ1n) is 7.18. The number of carbonyl (C=O) groups is 2. The van der Waals surface area contributed by atoms with E-state index < -0.39 is 5.97 Å². The maximum absolute atomic E-state index is 12.5. The average Bonchev–Trinajstić information content (AvgIpc) is 2.61. The van der Waals surface area contributed by atoms with Crippen LogP contribution in [0.15, 0.2) is 48.5 Å². The molecule has 1 heterocycles. The van der Waals surface area contributed by atoms with Gasteiger partial charge in [0.25, 0.3) is 0 Å². The van der Waals surface area contributed by atoms with E-state index >= 15 is 0 Å². The number of anilines is 2. The third kappa shape index (κ3) is 3.11. The molecule has 2 aromatic rings. The van der Waals surface area contributed by atoms with Crippen molar-refractivity contribution >= 4 is 23.4 Å². The topological polar surface area (TPSA) is 67.9 Å². The number of benzene rings is 2. The van der Waals surface area contributed by atoms with Crippen molar-refractivity contribution in [3.8, 4) is 5.75 Å². The van der Waals surface area contributed by atoms with Crippen molar-refractivity contribution in [1.29, 1.82) is 0 Å². The van der Waals surface area contributed by atoms with Crippen molar-refractivity contribution in [3.05, 3.63) is 54.1 Å². The van der Waals surface area contributed by atoms with Gasteiger partial charge in [0, 0.05) is 5.69 Å². The van der Waals surface area contributed by atoms with E-state index in [0.29, 0.717) is 30.2 Å². The fraction of sp³-hybridized carbons (Fsp3) is 0.176. The lowest BCUT2D eigenvalue weighted by Gasteiger charge is -2.29. The molecular weight excluding hydrogens is 296 g/mol. The molecule has 118 valence electrons. The summed E-state index contributed by atoms with van der Waals surface area (Å²) < 4.78 is 10.2. The van der Waals surface area contributed by atoms with Crippen LogP contribution < -0.4 is 15.0 Å². The molecule has 0 fully saturated rings. The van der Waals surface area contributed by atoms with Crippen LogP contribution in [-0.2, 0) is 4.74 Å². The number of para-hydroxylation sites is 2. The number of nitrogens with one attached hydrogen (secondary N) is 1. The van der Waals surface area contributed by atoms with E-state index in [2.05, 4.69) is 10.1 Å². The Labute approximate surface area is 133 Å². The number of urea groups is 1. The van der Waals surface area contributed by atoms with E-state index in [4.69, 9.17) is 4.74 Å². The number of amides is 2. The first kappa shape index (κ1) is 14.9. The third-order valence-electron chi connectivity index (χ3n) is 3.53. The molecule has 1 N–H and O–H groups in total. The smallest absolute Gasteiger partial charge is 0.337 e. The zero-order chi connectivity index (χ0) is 16.2. The first-order chi connectivity index (χ1) is 11.2. The van der Waals surface area contributed by atoms with E-state index in [-0.39, 0.29) is 6.03 Å². The number of methoxy groups -OCH3 is 1. The van der Waals surface area contributed by atoms with Gasteiger partial charge in [-0.1, -0.05) is 12.1 Å². The Morgan fingerprint density at radius 1 is 1.13 bits per heavy atom. The molecule has 23 heavy (non-hydrogen) atoms. The van der Waals surface area contributed by atoms with Crippen LogP contribution >= 0.6 is 0 Å². The Hall–Kier alpha value is -3.02. The maximum Gasteiger partial charge on any atom is 0.337 e. The van der Waals surface area contributed by atoms with Gasteiger partial charge >= 0.3 is 12.0 Å². The van der Waals surface area contributed by atoms with Crippen molar-refractivity contribution in [2.45, 2.75) is 0 Å². The fourth-order valence-corrected chi connectivity index (χ4v) is 2.38. The van der Waals surface area contributed by atoms with Gasteiger partial charge in [0.05, 0.1) is 24.9 Å². The molecule has 0 saturated carbocycles. The summed E-state index contributed by atoms with van der Waals surface area (Å²) in [6.45, 7) is 0.925. The second kappa shape index (κ2) is 6.39. The van der Waals surface area contributed by atoms with E-state index in [1.54, 1.807) is 29.2 Å². The minimum Gasteiger partial charge on any atom is -0.490 e. The van der Waals surface area contributed by atoms with Crippen LogP contribution in [0.3, 0.4) is 0 Å². The minimum absolute atomic E-state index is 0.244. The van der Waals surface area contributed by atoms with Gasteiger partial charge in [-0.3, -0.25) is 4.90 Å².